The first-order valence-electron chi connectivity index (χ1n) is 5.76. The van der Waals surface area contributed by atoms with Crippen LogP contribution in [0.3, 0.4) is 0 Å². The van der Waals surface area contributed by atoms with Gasteiger partial charge in [0.15, 0.2) is 0 Å². The van der Waals surface area contributed by atoms with Crippen molar-refractivity contribution in [1.82, 2.24) is 5.48 Å². The van der Waals surface area contributed by atoms with Crippen molar-refractivity contribution in [2.75, 3.05) is 0 Å². The predicted octanol–water partition coefficient (Wildman–Crippen LogP) is 2.78. The Morgan fingerprint density at radius 1 is 0.944 bits per heavy atom. The summed E-state index contributed by atoms with van der Waals surface area (Å²) in [5, 5.41) is 8.68. The molecule has 18 heavy (non-hydrogen) atoms. The fourth-order valence-corrected chi connectivity index (χ4v) is 1.54. The topological polar surface area (TPSA) is 45.0 Å². The molecule has 0 bridgehead atoms. The second-order valence-electron chi connectivity index (χ2n) is 3.90. The molecule has 2 aromatic rings. The van der Waals surface area contributed by atoms with E-state index in [0.29, 0.717) is 18.7 Å². The van der Waals surface area contributed by atoms with Crippen LogP contribution >= 0.6 is 0 Å². The average molecular weight is 238 g/mol. The Morgan fingerprint density at radius 3 is 2.33 bits per heavy atom. The first kappa shape index (κ1) is 12.3. The number of benzene rings is 2. The normalized spacial score (nSPS) is 9.94. The van der Waals surface area contributed by atoms with Crippen LogP contribution in [0.2, 0.25) is 0 Å². The maximum atomic E-state index is 8.68. The van der Waals surface area contributed by atoms with Crippen molar-refractivity contribution in [3.63, 3.8) is 0 Å². The molecule has 0 fully saturated rings. The molecule has 0 aliphatic carbocycles. The van der Waals surface area contributed by atoms with Gasteiger partial charge in [-0.3, -0.25) is 4.84 Å². The van der Waals surface area contributed by atoms with Gasteiger partial charge in [-0.05, 0) is 23.3 Å². The largest absolute Gasteiger partial charge is 0.297 e. The minimum atomic E-state index is 0.539. The van der Waals surface area contributed by atoms with Gasteiger partial charge in [-0.25, -0.2) is 0 Å². The number of nitrogens with zero attached hydrogens (tertiary/aromatic N) is 1. The molecule has 0 amide bonds. The van der Waals surface area contributed by atoms with E-state index in [4.69, 9.17) is 10.1 Å². The van der Waals surface area contributed by atoms with E-state index in [9.17, 15) is 0 Å². The Bertz CT molecular complexity index is 514. The van der Waals surface area contributed by atoms with Gasteiger partial charge < -0.3 is 0 Å². The van der Waals surface area contributed by atoms with Crippen LogP contribution in [0.15, 0.2) is 54.6 Å². The fraction of sp³-hybridized carbons (Fsp3) is 0.133. The Labute approximate surface area is 107 Å². The maximum Gasteiger partial charge on any atom is 0.0991 e. The highest BCUT2D eigenvalue weighted by atomic mass is 16.6. The van der Waals surface area contributed by atoms with E-state index in [0.717, 1.165) is 11.1 Å². The summed E-state index contributed by atoms with van der Waals surface area (Å²) in [5.41, 5.74) is 5.79. The van der Waals surface area contributed by atoms with E-state index in [1.54, 1.807) is 12.1 Å². The Hall–Kier alpha value is -2.15. The summed E-state index contributed by atoms with van der Waals surface area (Å²) >= 11 is 0. The lowest BCUT2D eigenvalue weighted by molar-refractivity contribution is 0.0235. The molecule has 0 saturated carbocycles. The van der Waals surface area contributed by atoms with Crippen molar-refractivity contribution in [3.8, 4) is 6.07 Å². The lowest BCUT2D eigenvalue weighted by atomic mass is 10.1. The second kappa shape index (κ2) is 6.55. The summed E-state index contributed by atoms with van der Waals surface area (Å²) in [7, 11) is 0. The van der Waals surface area contributed by atoms with E-state index in [1.165, 1.54) is 0 Å². The second-order valence-corrected chi connectivity index (χ2v) is 3.90. The number of nitriles is 1. The lowest BCUT2D eigenvalue weighted by Gasteiger charge is -2.06. The van der Waals surface area contributed by atoms with Crippen LogP contribution in [0.5, 0.6) is 0 Å². The molecule has 0 atom stereocenters. The molecular formula is C15H14N2O. The van der Waals surface area contributed by atoms with Crippen molar-refractivity contribution in [3.05, 3.63) is 71.3 Å². The number of hydroxylamine groups is 1. The third-order valence-electron chi connectivity index (χ3n) is 2.54. The average Bonchev–Trinajstić information content (AvgIpc) is 2.45. The minimum Gasteiger partial charge on any atom is -0.297 e. The monoisotopic (exact) mass is 238 g/mol. The first-order chi connectivity index (χ1) is 8.88. The van der Waals surface area contributed by atoms with Gasteiger partial charge in [-0.15, -0.1) is 0 Å². The SMILES string of the molecule is N#Cc1ccc(CNOCc2ccccc2)cc1. The van der Waals surface area contributed by atoms with Gasteiger partial charge in [-0.2, -0.15) is 10.7 Å². The molecule has 0 heterocycles. The van der Waals surface area contributed by atoms with Crippen molar-refractivity contribution in [2.24, 2.45) is 0 Å². The van der Waals surface area contributed by atoms with E-state index in [1.807, 2.05) is 42.5 Å². The van der Waals surface area contributed by atoms with Crippen LogP contribution in [0.1, 0.15) is 16.7 Å². The number of nitrogens with one attached hydrogen (secondary N) is 1. The van der Waals surface area contributed by atoms with E-state index in [-0.39, 0.29) is 0 Å². The lowest BCUT2D eigenvalue weighted by Crippen LogP contribution is -2.13. The number of hydrogen-bond donors (Lipinski definition) is 1. The summed E-state index contributed by atoms with van der Waals surface area (Å²) in [6.07, 6.45) is 0. The molecule has 0 saturated heterocycles. The molecule has 0 radical (unpaired) electrons. The highest BCUT2D eigenvalue weighted by molar-refractivity contribution is 5.31. The third-order valence-corrected chi connectivity index (χ3v) is 2.54. The highest BCUT2D eigenvalue weighted by Crippen LogP contribution is 2.03. The summed E-state index contributed by atoms with van der Waals surface area (Å²) in [4.78, 5) is 5.37. The zero-order valence-electron chi connectivity index (χ0n) is 9.97. The van der Waals surface area contributed by atoms with Gasteiger partial charge >= 0.3 is 0 Å². The molecule has 2 rings (SSSR count). The van der Waals surface area contributed by atoms with Gasteiger partial charge in [0.05, 0.1) is 18.2 Å². The van der Waals surface area contributed by atoms with Crippen molar-refractivity contribution < 1.29 is 4.84 Å². The molecule has 0 spiro atoms. The number of rotatable bonds is 5. The summed E-state index contributed by atoms with van der Waals surface area (Å²) < 4.78 is 0. The summed E-state index contributed by atoms with van der Waals surface area (Å²) in [6, 6.07) is 19.5. The smallest absolute Gasteiger partial charge is 0.0991 e. The van der Waals surface area contributed by atoms with E-state index >= 15 is 0 Å². The molecule has 3 nitrogen and oxygen atoms in total. The Kier molecular flexibility index (Phi) is 4.48. The molecule has 0 aliphatic heterocycles. The standard InChI is InChI=1S/C15H14N2O/c16-10-13-6-8-14(9-7-13)11-17-18-12-15-4-2-1-3-5-15/h1-9,17H,11-12H2. The quantitative estimate of drug-likeness (QED) is 0.643. The molecule has 0 unspecified atom stereocenters. The predicted molar refractivity (Wildman–Crippen MR) is 69.2 cm³/mol. The zero-order chi connectivity index (χ0) is 12.6. The van der Waals surface area contributed by atoms with Crippen LogP contribution in [-0.4, -0.2) is 0 Å². The van der Waals surface area contributed by atoms with Crippen LogP contribution < -0.4 is 5.48 Å². The van der Waals surface area contributed by atoms with Gasteiger partial charge in [0.1, 0.15) is 0 Å². The van der Waals surface area contributed by atoms with Gasteiger partial charge in [0.25, 0.3) is 0 Å². The molecule has 90 valence electrons. The molecule has 3 heteroatoms. The van der Waals surface area contributed by atoms with Gasteiger partial charge in [-0.1, -0.05) is 42.5 Å². The van der Waals surface area contributed by atoms with Crippen molar-refractivity contribution >= 4 is 0 Å². The van der Waals surface area contributed by atoms with Crippen LogP contribution in [0.25, 0.3) is 0 Å². The van der Waals surface area contributed by atoms with Crippen LogP contribution in [0, 0.1) is 11.3 Å². The molecular weight excluding hydrogens is 224 g/mol. The molecule has 1 N–H and O–H groups in total. The van der Waals surface area contributed by atoms with Crippen LogP contribution in [0.4, 0.5) is 0 Å². The molecule has 0 aromatic heterocycles. The first-order valence-corrected chi connectivity index (χ1v) is 5.76. The summed E-state index contributed by atoms with van der Waals surface area (Å²) in [5.74, 6) is 0. The Balaban J connectivity index is 1.74. The van der Waals surface area contributed by atoms with Crippen molar-refractivity contribution in [1.29, 1.82) is 5.26 Å². The van der Waals surface area contributed by atoms with Crippen LogP contribution in [-0.2, 0) is 18.0 Å². The molecule has 2 aromatic carbocycles. The number of hydrogen-bond acceptors (Lipinski definition) is 3. The maximum absolute atomic E-state index is 8.68. The Morgan fingerprint density at radius 2 is 1.67 bits per heavy atom. The van der Waals surface area contributed by atoms with E-state index in [2.05, 4.69) is 11.5 Å². The highest BCUT2D eigenvalue weighted by Gasteiger charge is 1.95. The third kappa shape index (κ3) is 3.70. The molecule has 0 aliphatic rings. The fourth-order valence-electron chi connectivity index (χ4n) is 1.54. The van der Waals surface area contributed by atoms with E-state index < -0.39 is 0 Å². The minimum absolute atomic E-state index is 0.539. The van der Waals surface area contributed by atoms with Crippen molar-refractivity contribution in [2.45, 2.75) is 13.2 Å². The van der Waals surface area contributed by atoms with Gasteiger partial charge in [0.2, 0.25) is 0 Å². The summed E-state index contributed by atoms with van der Waals surface area (Å²) in [6.45, 7) is 1.16. The van der Waals surface area contributed by atoms with Gasteiger partial charge in [0, 0.05) is 6.54 Å². The zero-order valence-corrected chi connectivity index (χ0v) is 9.97.